The van der Waals surface area contributed by atoms with Gasteiger partial charge in [0.15, 0.2) is 0 Å². The second kappa shape index (κ2) is 15.1. The number of amides is 4. The van der Waals surface area contributed by atoms with E-state index in [2.05, 4.69) is 10.6 Å². The Morgan fingerprint density at radius 2 is 1.65 bits per heavy atom. The number of carbonyl (C=O) groups is 4. The molecule has 9 heteroatoms. The Morgan fingerprint density at radius 3 is 2.20 bits per heavy atom. The molecule has 0 saturated carbocycles. The number of anilines is 1. The lowest BCUT2D eigenvalue weighted by Gasteiger charge is -2.34. The molecule has 218 valence electrons. The van der Waals surface area contributed by atoms with Crippen molar-refractivity contribution in [3.63, 3.8) is 0 Å². The zero-order valence-corrected chi connectivity index (χ0v) is 24.6. The first kappa shape index (κ1) is 32.3. The van der Waals surface area contributed by atoms with Crippen LogP contribution in [-0.4, -0.2) is 46.9 Å². The van der Waals surface area contributed by atoms with Gasteiger partial charge in [-0.3, -0.25) is 14.4 Å². The fourth-order valence-corrected chi connectivity index (χ4v) is 4.21. The minimum absolute atomic E-state index is 0.0308. The van der Waals surface area contributed by atoms with E-state index < -0.39 is 35.6 Å². The van der Waals surface area contributed by atoms with E-state index >= 15 is 0 Å². The molecular weight excluding hydrogens is 508 g/mol. The highest BCUT2D eigenvalue weighted by atomic mass is 16.6. The number of ether oxygens (including phenoxy) is 1. The molecule has 2 unspecified atom stereocenters. The van der Waals surface area contributed by atoms with Gasteiger partial charge in [-0.25, -0.2) is 4.79 Å². The number of nitrogens with two attached hydrogens (primary N) is 1. The minimum atomic E-state index is -1.12. The van der Waals surface area contributed by atoms with Crippen molar-refractivity contribution in [3.05, 3.63) is 65.2 Å². The van der Waals surface area contributed by atoms with Gasteiger partial charge < -0.3 is 26.0 Å². The van der Waals surface area contributed by atoms with Crippen LogP contribution in [0.1, 0.15) is 83.0 Å². The Kier molecular flexibility index (Phi) is 12.2. The largest absolute Gasteiger partial charge is 0.444 e. The summed E-state index contributed by atoms with van der Waals surface area (Å²) in [4.78, 5) is 53.9. The first-order valence-electron chi connectivity index (χ1n) is 13.9. The topological polar surface area (TPSA) is 131 Å². The van der Waals surface area contributed by atoms with Gasteiger partial charge in [-0.1, -0.05) is 62.7 Å². The molecule has 0 fully saturated rings. The van der Waals surface area contributed by atoms with Gasteiger partial charge in [-0.2, -0.15) is 0 Å². The molecule has 9 nitrogen and oxygen atoms in total. The van der Waals surface area contributed by atoms with Gasteiger partial charge in [0, 0.05) is 18.7 Å². The summed E-state index contributed by atoms with van der Waals surface area (Å²) in [5, 5.41) is 5.61. The van der Waals surface area contributed by atoms with E-state index in [1.165, 1.54) is 4.90 Å². The highest BCUT2D eigenvalue weighted by Gasteiger charge is 2.36. The van der Waals surface area contributed by atoms with Crippen LogP contribution in [-0.2, 0) is 25.5 Å². The molecular formula is C31H44N4O5. The lowest BCUT2D eigenvalue weighted by atomic mass is 9.99. The molecule has 0 aliphatic heterocycles. The number of hydrogen-bond acceptors (Lipinski definition) is 5. The monoisotopic (exact) mass is 552 g/mol. The number of hydrogen-bond donors (Lipinski definition) is 3. The second-order valence-corrected chi connectivity index (χ2v) is 10.9. The van der Waals surface area contributed by atoms with E-state index in [1.807, 2.05) is 69.3 Å². The van der Waals surface area contributed by atoms with E-state index in [0.29, 0.717) is 17.7 Å². The molecule has 2 aromatic rings. The Balaban J connectivity index is 2.55. The normalized spacial score (nSPS) is 12.7. The summed E-state index contributed by atoms with van der Waals surface area (Å²) >= 11 is 0. The summed E-state index contributed by atoms with van der Waals surface area (Å²) in [6.07, 6.45) is 1.28. The third kappa shape index (κ3) is 10.0. The molecule has 4 N–H and O–H groups in total. The Hall–Kier alpha value is -3.88. The number of nitrogens with one attached hydrogen (secondary N) is 2. The predicted molar refractivity (Wildman–Crippen MR) is 157 cm³/mol. The van der Waals surface area contributed by atoms with Crippen molar-refractivity contribution in [2.75, 3.05) is 11.9 Å². The van der Waals surface area contributed by atoms with Crippen LogP contribution in [0.3, 0.4) is 0 Å². The Morgan fingerprint density at radius 1 is 1.00 bits per heavy atom. The summed E-state index contributed by atoms with van der Waals surface area (Å²) < 4.78 is 5.38. The predicted octanol–water partition coefficient (Wildman–Crippen LogP) is 5.02. The number of nitrogens with zero attached hydrogens (tertiary/aromatic N) is 1. The first-order chi connectivity index (χ1) is 18.9. The molecule has 4 amide bonds. The van der Waals surface area contributed by atoms with Gasteiger partial charge in [0.05, 0.1) is 0 Å². The van der Waals surface area contributed by atoms with Gasteiger partial charge in [-0.15, -0.1) is 0 Å². The van der Waals surface area contributed by atoms with Crippen LogP contribution in [0.2, 0.25) is 0 Å². The molecule has 0 aromatic heterocycles. The van der Waals surface area contributed by atoms with Crippen LogP contribution in [0, 0.1) is 6.92 Å². The zero-order chi connectivity index (χ0) is 29.9. The van der Waals surface area contributed by atoms with Crippen molar-refractivity contribution in [3.8, 4) is 0 Å². The van der Waals surface area contributed by atoms with Crippen molar-refractivity contribution >= 4 is 29.5 Å². The van der Waals surface area contributed by atoms with Crippen molar-refractivity contribution in [2.24, 2.45) is 5.73 Å². The molecule has 0 aliphatic carbocycles. The highest BCUT2D eigenvalue weighted by molar-refractivity contribution is 5.99. The molecule has 0 bridgehead atoms. The van der Waals surface area contributed by atoms with Crippen LogP contribution < -0.4 is 16.4 Å². The van der Waals surface area contributed by atoms with E-state index in [0.717, 1.165) is 24.0 Å². The van der Waals surface area contributed by atoms with Crippen molar-refractivity contribution < 1.29 is 23.9 Å². The van der Waals surface area contributed by atoms with E-state index in [-0.39, 0.29) is 25.3 Å². The molecule has 40 heavy (non-hydrogen) atoms. The van der Waals surface area contributed by atoms with Crippen molar-refractivity contribution in [2.45, 2.75) is 91.3 Å². The van der Waals surface area contributed by atoms with E-state index in [9.17, 15) is 19.2 Å². The van der Waals surface area contributed by atoms with E-state index in [4.69, 9.17) is 10.5 Å². The fourth-order valence-electron chi connectivity index (χ4n) is 4.21. The maximum Gasteiger partial charge on any atom is 0.408 e. The number of aryl methyl sites for hydroxylation is 2. The van der Waals surface area contributed by atoms with Crippen LogP contribution in [0.15, 0.2) is 48.5 Å². The smallest absolute Gasteiger partial charge is 0.408 e. The molecule has 0 heterocycles. The second-order valence-electron chi connectivity index (χ2n) is 10.9. The summed E-state index contributed by atoms with van der Waals surface area (Å²) in [5.74, 6) is -1.48. The molecule has 0 saturated heterocycles. The number of primary amides is 1. The first-order valence-corrected chi connectivity index (χ1v) is 13.9. The average Bonchev–Trinajstić information content (AvgIpc) is 2.88. The summed E-state index contributed by atoms with van der Waals surface area (Å²) in [7, 11) is 0. The van der Waals surface area contributed by atoms with Crippen molar-refractivity contribution in [1.82, 2.24) is 10.2 Å². The minimum Gasteiger partial charge on any atom is -0.444 e. The number of benzene rings is 2. The average molecular weight is 553 g/mol. The molecule has 0 spiro atoms. The number of carbonyl (C=O) groups excluding carboxylic acids is 4. The molecule has 2 rings (SSSR count). The summed E-state index contributed by atoms with van der Waals surface area (Å²) in [6, 6.07) is 12.9. The molecule has 0 aliphatic rings. The Labute approximate surface area is 237 Å². The van der Waals surface area contributed by atoms with Crippen LogP contribution in [0.25, 0.3) is 0 Å². The Bertz CT molecular complexity index is 1160. The van der Waals surface area contributed by atoms with Crippen LogP contribution in [0.5, 0.6) is 0 Å². The quantitative estimate of drug-likeness (QED) is 0.321. The van der Waals surface area contributed by atoms with Gasteiger partial charge in [0.1, 0.15) is 17.7 Å². The maximum absolute atomic E-state index is 14.1. The highest BCUT2D eigenvalue weighted by Crippen LogP contribution is 2.27. The number of para-hydroxylation sites is 1. The third-order valence-corrected chi connectivity index (χ3v) is 6.37. The summed E-state index contributed by atoms with van der Waals surface area (Å²) in [6.45, 7) is 11.3. The van der Waals surface area contributed by atoms with Gasteiger partial charge in [0.2, 0.25) is 11.8 Å². The molecule has 0 radical (unpaired) electrons. The lowest BCUT2D eigenvalue weighted by molar-refractivity contribution is -0.141. The fraction of sp³-hybridized carbons (Fsp3) is 0.484. The van der Waals surface area contributed by atoms with Gasteiger partial charge in [-0.05, 0) is 69.7 Å². The number of rotatable bonds is 13. The standard InChI is InChI=1S/C31H44N4O5/c1-7-9-20-35(29(38)25(18-19-26(32)36)34-30(39)40-31(4,5)6)27(23-16-14-22(8-2)15-17-23)28(37)33-24-13-11-10-12-21(24)3/h10-17,25,27H,7-9,18-20H2,1-6H3,(H2,32,36)(H,33,37)(H,34,39). The van der Waals surface area contributed by atoms with Gasteiger partial charge in [0.25, 0.3) is 5.91 Å². The van der Waals surface area contributed by atoms with E-state index in [1.54, 1.807) is 20.8 Å². The van der Waals surface area contributed by atoms with Crippen LogP contribution >= 0.6 is 0 Å². The van der Waals surface area contributed by atoms with Gasteiger partial charge >= 0.3 is 6.09 Å². The zero-order valence-electron chi connectivity index (χ0n) is 24.6. The third-order valence-electron chi connectivity index (χ3n) is 6.37. The maximum atomic E-state index is 14.1. The SMILES string of the molecule is CCCCN(C(=O)C(CCC(N)=O)NC(=O)OC(C)(C)C)C(C(=O)Nc1ccccc1C)c1ccc(CC)cc1. The lowest BCUT2D eigenvalue weighted by Crippen LogP contribution is -2.52. The molecule has 2 atom stereocenters. The van der Waals surface area contributed by atoms with Crippen molar-refractivity contribution in [1.29, 1.82) is 0 Å². The summed E-state index contributed by atoms with van der Waals surface area (Å²) in [5.41, 5.74) is 7.85. The number of unbranched alkanes of at least 4 members (excludes halogenated alkanes) is 1. The number of alkyl carbamates (subject to hydrolysis) is 1. The van der Waals surface area contributed by atoms with Crippen LogP contribution in [0.4, 0.5) is 10.5 Å². The molecule has 2 aromatic carbocycles.